The number of nitrogens with one attached hydrogen (secondary N) is 2. The molecular formula is C21H23F3N2O4. The standard InChI is InChI=1S/C21H23F3N2O4/c1-3-29-16-11-10-15(12-17(16)30-4-2)20(28)25-13-18(27)26-19(21(22,23)24)14-8-6-5-7-9-14/h5-12,19H,3-4,13H2,1-2H3,(H,25,28)(H,26,27). The fourth-order valence-corrected chi connectivity index (χ4v) is 2.67. The molecule has 30 heavy (non-hydrogen) atoms. The Bertz CT molecular complexity index is 857. The van der Waals surface area contributed by atoms with Crippen molar-refractivity contribution in [3.05, 3.63) is 59.7 Å². The molecule has 1 unspecified atom stereocenters. The van der Waals surface area contributed by atoms with E-state index >= 15 is 0 Å². The number of alkyl halides is 3. The molecule has 0 aliphatic carbocycles. The highest BCUT2D eigenvalue weighted by atomic mass is 19.4. The molecular weight excluding hydrogens is 401 g/mol. The number of hydrogen-bond acceptors (Lipinski definition) is 4. The van der Waals surface area contributed by atoms with Gasteiger partial charge in [0.15, 0.2) is 17.5 Å². The van der Waals surface area contributed by atoms with Crippen molar-refractivity contribution >= 4 is 11.8 Å². The van der Waals surface area contributed by atoms with Gasteiger partial charge >= 0.3 is 6.18 Å². The number of rotatable bonds is 9. The van der Waals surface area contributed by atoms with E-state index in [1.54, 1.807) is 26.0 Å². The molecule has 6 nitrogen and oxygen atoms in total. The summed E-state index contributed by atoms with van der Waals surface area (Å²) in [4.78, 5) is 24.4. The van der Waals surface area contributed by atoms with Gasteiger partial charge in [-0.15, -0.1) is 0 Å². The number of amides is 2. The predicted molar refractivity (Wildman–Crippen MR) is 104 cm³/mol. The third kappa shape index (κ3) is 6.40. The van der Waals surface area contributed by atoms with E-state index in [1.165, 1.54) is 36.4 Å². The highest BCUT2D eigenvalue weighted by Crippen LogP contribution is 2.32. The highest BCUT2D eigenvalue weighted by Gasteiger charge is 2.41. The Kier molecular flexibility index (Phi) is 8.08. The Morgan fingerprint density at radius 2 is 1.60 bits per heavy atom. The minimum atomic E-state index is -4.68. The van der Waals surface area contributed by atoms with Gasteiger partial charge in [-0.25, -0.2) is 0 Å². The van der Waals surface area contributed by atoms with Crippen LogP contribution in [-0.4, -0.2) is 37.7 Å². The summed E-state index contributed by atoms with van der Waals surface area (Å²) in [5.74, 6) is -0.773. The van der Waals surface area contributed by atoms with E-state index in [9.17, 15) is 22.8 Å². The number of carbonyl (C=O) groups is 2. The van der Waals surface area contributed by atoms with Crippen molar-refractivity contribution < 1.29 is 32.2 Å². The molecule has 0 heterocycles. The van der Waals surface area contributed by atoms with Crippen LogP contribution in [0.1, 0.15) is 35.8 Å². The van der Waals surface area contributed by atoms with Gasteiger partial charge in [0.2, 0.25) is 5.91 Å². The summed E-state index contributed by atoms with van der Waals surface area (Å²) in [5.41, 5.74) is 0.0858. The van der Waals surface area contributed by atoms with Gasteiger partial charge in [0.1, 0.15) is 0 Å². The number of benzene rings is 2. The maximum absolute atomic E-state index is 13.3. The monoisotopic (exact) mass is 424 g/mol. The lowest BCUT2D eigenvalue weighted by Crippen LogP contribution is -2.43. The molecule has 0 fully saturated rings. The van der Waals surface area contributed by atoms with E-state index in [0.717, 1.165) is 0 Å². The van der Waals surface area contributed by atoms with Crippen LogP contribution in [0.5, 0.6) is 11.5 Å². The maximum atomic E-state index is 13.3. The average Bonchev–Trinajstić information content (AvgIpc) is 2.71. The van der Waals surface area contributed by atoms with Crippen molar-refractivity contribution in [1.82, 2.24) is 10.6 Å². The smallest absolute Gasteiger partial charge is 0.412 e. The normalized spacial score (nSPS) is 12.0. The van der Waals surface area contributed by atoms with Gasteiger partial charge in [-0.05, 0) is 37.6 Å². The number of hydrogen-bond donors (Lipinski definition) is 2. The Balaban J connectivity index is 2.03. The summed E-state index contributed by atoms with van der Waals surface area (Å²) in [5, 5.41) is 4.23. The second kappa shape index (κ2) is 10.5. The molecule has 0 bridgehead atoms. The van der Waals surface area contributed by atoms with E-state index in [0.29, 0.717) is 24.7 Å². The number of carbonyl (C=O) groups excluding carboxylic acids is 2. The average molecular weight is 424 g/mol. The molecule has 2 aromatic rings. The molecule has 0 aliphatic rings. The second-order valence-electron chi connectivity index (χ2n) is 6.16. The van der Waals surface area contributed by atoms with Crippen LogP contribution in [0.3, 0.4) is 0 Å². The lowest BCUT2D eigenvalue weighted by Gasteiger charge is -2.22. The topological polar surface area (TPSA) is 76.7 Å². The Morgan fingerprint density at radius 3 is 2.20 bits per heavy atom. The number of halogens is 3. The summed E-state index contributed by atoms with van der Waals surface area (Å²) < 4.78 is 50.8. The van der Waals surface area contributed by atoms with Crippen LogP contribution in [0.2, 0.25) is 0 Å². The van der Waals surface area contributed by atoms with Gasteiger partial charge in [-0.2, -0.15) is 13.2 Å². The second-order valence-corrected chi connectivity index (χ2v) is 6.16. The molecule has 1 atom stereocenters. The fraction of sp³-hybridized carbons (Fsp3) is 0.333. The molecule has 0 spiro atoms. The molecule has 0 aromatic heterocycles. The van der Waals surface area contributed by atoms with Crippen LogP contribution in [0.15, 0.2) is 48.5 Å². The van der Waals surface area contributed by atoms with Crippen LogP contribution in [0, 0.1) is 0 Å². The fourth-order valence-electron chi connectivity index (χ4n) is 2.67. The zero-order chi connectivity index (χ0) is 22.1. The Morgan fingerprint density at radius 1 is 0.967 bits per heavy atom. The van der Waals surface area contributed by atoms with E-state index in [1.807, 2.05) is 5.32 Å². The van der Waals surface area contributed by atoms with Crippen molar-refractivity contribution in [2.45, 2.75) is 26.1 Å². The maximum Gasteiger partial charge on any atom is 0.412 e. The third-order valence-electron chi connectivity index (χ3n) is 3.98. The quantitative estimate of drug-likeness (QED) is 0.645. The molecule has 9 heteroatoms. The SMILES string of the molecule is CCOc1ccc(C(=O)NCC(=O)NC(c2ccccc2)C(F)(F)F)cc1OCC. The first kappa shape index (κ1) is 23.1. The van der Waals surface area contributed by atoms with Crippen LogP contribution in [0.4, 0.5) is 13.2 Å². The molecule has 0 aliphatic heterocycles. The molecule has 2 N–H and O–H groups in total. The van der Waals surface area contributed by atoms with Gasteiger partial charge in [0, 0.05) is 5.56 Å². The van der Waals surface area contributed by atoms with Gasteiger partial charge in [-0.3, -0.25) is 9.59 Å². The van der Waals surface area contributed by atoms with Crippen molar-refractivity contribution in [2.24, 2.45) is 0 Å². The van der Waals surface area contributed by atoms with Crippen LogP contribution in [0.25, 0.3) is 0 Å². The minimum absolute atomic E-state index is 0.0995. The van der Waals surface area contributed by atoms with Crippen LogP contribution in [-0.2, 0) is 4.79 Å². The summed E-state index contributed by atoms with van der Waals surface area (Å²) >= 11 is 0. The molecule has 2 amide bonds. The van der Waals surface area contributed by atoms with Crippen molar-refractivity contribution in [2.75, 3.05) is 19.8 Å². The Hall–Kier alpha value is -3.23. The van der Waals surface area contributed by atoms with Crippen LogP contribution >= 0.6 is 0 Å². The zero-order valence-corrected chi connectivity index (χ0v) is 16.6. The van der Waals surface area contributed by atoms with Crippen molar-refractivity contribution in [3.8, 4) is 11.5 Å². The van der Waals surface area contributed by atoms with Gasteiger partial charge < -0.3 is 20.1 Å². The zero-order valence-electron chi connectivity index (χ0n) is 16.6. The molecule has 2 rings (SSSR count). The van der Waals surface area contributed by atoms with E-state index in [2.05, 4.69) is 5.32 Å². The summed E-state index contributed by atoms with van der Waals surface area (Å²) in [6, 6.07) is 9.32. The molecule has 2 aromatic carbocycles. The lowest BCUT2D eigenvalue weighted by molar-refractivity contribution is -0.163. The largest absolute Gasteiger partial charge is 0.490 e. The summed E-state index contributed by atoms with van der Waals surface area (Å²) in [7, 11) is 0. The Labute approximate surface area is 172 Å². The molecule has 162 valence electrons. The van der Waals surface area contributed by atoms with Gasteiger partial charge in [-0.1, -0.05) is 30.3 Å². The lowest BCUT2D eigenvalue weighted by atomic mass is 10.1. The first-order valence-electron chi connectivity index (χ1n) is 9.35. The molecule has 0 saturated heterocycles. The third-order valence-corrected chi connectivity index (χ3v) is 3.98. The summed E-state index contributed by atoms with van der Waals surface area (Å²) in [6.45, 7) is 3.73. The predicted octanol–water partition coefficient (Wildman–Crippen LogP) is 3.63. The first-order chi connectivity index (χ1) is 14.3. The van der Waals surface area contributed by atoms with Gasteiger partial charge in [0.25, 0.3) is 5.91 Å². The van der Waals surface area contributed by atoms with E-state index in [-0.39, 0.29) is 11.1 Å². The van der Waals surface area contributed by atoms with E-state index in [4.69, 9.17) is 9.47 Å². The van der Waals surface area contributed by atoms with Crippen LogP contribution < -0.4 is 20.1 Å². The first-order valence-corrected chi connectivity index (χ1v) is 9.35. The van der Waals surface area contributed by atoms with E-state index < -0.39 is 30.6 Å². The highest BCUT2D eigenvalue weighted by molar-refractivity contribution is 5.97. The van der Waals surface area contributed by atoms with Crippen molar-refractivity contribution in [3.63, 3.8) is 0 Å². The minimum Gasteiger partial charge on any atom is -0.490 e. The molecule has 0 radical (unpaired) electrons. The summed E-state index contributed by atoms with van der Waals surface area (Å²) in [6.07, 6.45) is -4.68. The molecule has 0 saturated carbocycles. The van der Waals surface area contributed by atoms with Crippen molar-refractivity contribution in [1.29, 1.82) is 0 Å². The van der Waals surface area contributed by atoms with Gasteiger partial charge in [0.05, 0.1) is 19.8 Å². The number of ether oxygens (including phenoxy) is 2.